The summed E-state index contributed by atoms with van der Waals surface area (Å²) < 4.78 is 40.4. The highest BCUT2D eigenvalue weighted by Crippen LogP contribution is 2.29. The van der Waals surface area contributed by atoms with Crippen molar-refractivity contribution in [1.29, 1.82) is 5.26 Å². The van der Waals surface area contributed by atoms with E-state index < -0.39 is 17.6 Å². The van der Waals surface area contributed by atoms with Crippen LogP contribution < -0.4 is 0 Å². The number of hydrogen-bond acceptors (Lipinski definition) is 2. The van der Waals surface area contributed by atoms with Crippen molar-refractivity contribution in [2.24, 2.45) is 0 Å². The number of halogens is 3. The van der Waals surface area contributed by atoms with Crippen molar-refractivity contribution in [3.63, 3.8) is 0 Å². The summed E-state index contributed by atoms with van der Waals surface area (Å²) in [6.07, 6.45) is 1.08. The van der Waals surface area contributed by atoms with Crippen LogP contribution in [0.25, 0.3) is 11.1 Å². The Morgan fingerprint density at radius 3 is 2.67 bits per heavy atom. The Labute approximate surface area is 101 Å². The zero-order valence-electron chi connectivity index (χ0n) is 9.12. The lowest BCUT2D eigenvalue weighted by molar-refractivity contribution is 0.509. The number of hydrogen-bond donors (Lipinski definition) is 0. The molecule has 2 aromatic rings. The summed E-state index contributed by atoms with van der Waals surface area (Å²) in [5.41, 5.74) is -0.128. The van der Waals surface area contributed by atoms with Crippen LogP contribution in [0.1, 0.15) is 5.56 Å². The number of pyridine rings is 1. The summed E-state index contributed by atoms with van der Waals surface area (Å²) in [5.74, 6) is -3.14. The van der Waals surface area contributed by atoms with Crippen LogP contribution in [0.2, 0.25) is 0 Å². The van der Waals surface area contributed by atoms with Gasteiger partial charge in [-0.25, -0.2) is 13.8 Å². The maximum atomic E-state index is 13.7. The van der Waals surface area contributed by atoms with Crippen molar-refractivity contribution < 1.29 is 13.2 Å². The summed E-state index contributed by atoms with van der Waals surface area (Å²) in [5, 5.41) is 8.65. The predicted octanol–water partition coefficient (Wildman–Crippen LogP) is 3.23. The van der Waals surface area contributed by atoms with Crippen molar-refractivity contribution in [2.45, 2.75) is 6.42 Å². The van der Waals surface area contributed by atoms with Gasteiger partial charge in [0.2, 0.25) is 5.95 Å². The number of aromatic nitrogens is 1. The number of rotatable bonds is 2. The molecule has 0 amide bonds. The lowest BCUT2D eigenvalue weighted by Gasteiger charge is -2.09. The van der Waals surface area contributed by atoms with Crippen LogP contribution in [0.4, 0.5) is 13.2 Å². The van der Waals surface area contributed by atoms with Gasteiger partial charge < -0.3 is 0 Å². The summed E-state index contributed by atoms with van der Waals surface area (Å²) in [7, 11) is 0. The molecule has 0 aliphatic heterocycles. The van der Waals surface area contributed by atoms with Gasteiger partial charge in [0.25, 0.3) is 0 Å². The Morgan fingerprint density at radius 2 is 1.94 bits per heavy atom. The molecule has 90 valence electrons. The van der Waals surface area contributed by atoms with Gasteiger partial charge in [-0.15, -0.1) is 0 Å². The highest BCUT2D eigenvalue weighted by atomic mass is 19.2. The van der Waals surface area contributed by atoms with E-state index in [4.69, 9.17) is 5.26 Å². The van der Waals surface area contributed by atoms with Crippen molar-refractivity contribution in [3.8, 4) is 17.2 Å². The van der Waals surface area contributed by atoms with Gasteiger partial charge in [0.1, 0.15) is 0 Å². The number of nitriles is 1. The van der Waals surface area contributed by atoms with Crippen molar-refractivity contribution in [1.82, 2.24) is 4.98 Å². The van der Waals surface area contributed by atoms with Crippen LogP contribution in [-0.2, 0) is 6.42 Å². The fraction of sp³-hybridized carbons (Fsp3) is 0.0769. The third kappa shape index (κ3) is 2.05. The van der Waals surface area contributed by atoms with Gasteiger partial charge in [-0.3, -0.25) is 0 Å². The van der Waals surface area contributed by atoms with Crippen LogP contribution in [0, 0.1) is 28.9 Å². The first-order valence-electron chi connectivity index (χ1n) is 5.10. The molecule has 18 heavy (non-hydrogen) atoms. The van der Waals surface area contributed by atoms with Crippen LogP contribution in [-0.4, -0.2) is 4.98 Å². The Morgan fingerprint density at radius 1 is 1.17 bits per heavy atom. The molecule has 0 saturated carbocycles. The molecule has 5 heteroatoms. The largest absolute Gasteiger partial charge is 0.228 e. The SMILES string of the molecule is N#CCc1ccnc(F)c1-c1cccc(F)c1F. The average molecular weight is 248 g/mol. The minimum absolute atomic E-state index is 0.106. The van der Waals surface area contributed by atoms with Gasteiger partial charge in [0.05, 0.1) is 12.5 Å². The Hall–Kier alpha value is -2.35. The van der Waals surface area contributed by atoms with Gasteiger partial charge >= 0.3 is 0 Å². The zero-order chi connectivity index (χ0) is 13.1. The van der Waals surface area contributed by atoms with Gasteiger partial charge in [-0.2, -0.15) is 9.65 Å². The van der Waals surface area contributed by atoms with E-state index in [1.54, 1.807) is 0 Å². The topological polar surface area (TPSA) is 36.7 Å². The molecule has 2 nitrogen and oxygen atoms in total. The fourth-order valence-electron chi connectivity index (χ4n) is 1.69. The number of benzene rings is 1. The molecule has 0 N–H and O–H groups in total. The summed E-state index contributed by atoms with van der Waals surface area (Å²) in [6.45, 7) is 0. The predicted molar refractivity (Wildman–Crippen MR) is 58.9 cm³/mol. The van der Waals surface area contributed by atoms with Gasteiger partial charge in [-0.05, 0) is 17.7 Å². The quantitative estimate of drug-likeness (QED) is 0.765. The highest BCUT2D eigenvalue weighted by Gasteiger charge is 2.17. The van der Waals surface area contributed by atoms with E-state index in [2.05, 4.69) is 4.98 Å². The molecule has 1 heterocycles. The first kappa shape index (κ1) is 12.1. The third-order valence-electron chi connectivity index (χ3n) is 2.48. The molecule has 0 saturated heterocycles. The van der Waals surface area contributed by atoms with Crippen LogP contribution in [0.5, 0.6) is 0 Å². The van der Waals surface area contributed by atoms with E-state index in [0.29, 0.717) is 0 Å². The van der Waals surface area contributed by atoms with Gasteiger partial charge in [0, 0.05) is 17.3 Å². The molecule has 0 aliphatic carbocycles. The van der Waals surface area contributed by atoms with E-state index in [-0.39, 0.29) is 23.1 Å². The molecule has 0 spiro atoms. The first-order chi connectivity index (χ1) is 8.65. The molecule has 0 bridgehead atoms. The average Bonchev–Trinajstić information content (AvgIpc) is 2.34. The van der Waals surface area contributed by atoms with Crippen molar-refractivity contribution in [2.75, 3.05) is 0 Å². The summed E-state index contributed by atoms with van der Waals surface area (Å²) >= 11 is 0. The van der Waals surface area contributed by atoms with Crippen LogP contribution in [0.3, 0.4) is 0 Å². The van der Waals surface area contributed by atoms with E-state index in [0.717, 1.165) is 6.07 Å². The van der Waals surface area contributed by atoms with E-state index >= 15 is 0 Å². The fourth-order valence-corrected chi connectivity index (χ4v) is 1.69. The zero-order valence-corrected chi connectivity index (χ0v) is 9.12. The van der Waals surface area contributed by atoms with E-state index in [9.17, 15) is 13.2 Å². The molecule has 0 aliphatic rings. The molecular weight excluding hydrogens is 241 g/mol. The molecule has 0 unspecified atom stereocenters. The first-order valence-corrected chi connectivity index (χ1v) is 5.10. The van der Waals surface area contributed by atoms with Crippen molar-refractivity contribution in [3.05, 3.63) is 53.6 Å². The minimum Gasteiger partial charge on any atom is -0.228 e. The Bertz CT molecular complexity index is 633. The molecule has 1 aromatic carbocycles. The Kier molecular flexibility index (Phi) is 3.28. The molecule has 1 aromatic heterocycles. The van der Waals surface area contributed by atoms with Crippen LogP contribution in [0.15, 0.2) is 30.5 Å². The molecule has 0 fully saturated rings. The monoisotopic (exact) mass is 248 g/mol. The molecule has 0 radical (unpaired) electrons. The van der Waals surface area contributed by atoms with E-state index in [1.165, 1.54) is 24.4 Å². The summed E-state index contributed by atoms with van der Waals surface area (Å²) in [6, 6.07) is 6.72. The summed E-state index contributed by atoms with van der Waals surface area (Å²) in [4.78, 5) is 3.40. The second-order valence-corrected chi connectivity index (χ2v) is 3.57. The third-order valence-corrected chi connectivity index (χ3v) is 2.48. The highest BCUT2D eigenvalue weighted by molar-refractivity contribution is 5.68. The lowest BCUT2D eigenvalue weighted by atomic mass is 9.99. The molecule has 2 rings (SSSR count). The van der Waals surface area contributed by atoms with Gasteiger partial charge in [-0.1, -0.05) is 12.1 Å². The molecule has 0 atom stereocenters. The van der Waals surface area contributed by atoms with Crippen molar-refractivity contribution >= 4 is 0 Å². The van der Waals surface area contributed by atoms with E-state index in [1.807, 2.05) is 6.07 Å². The minimum atomic E-state index is -1.15. The molecular formula is C13H7F3N2. The van der Waals surface area contributed by atoms with Crippen LogP contribution >= 0.6 is 0 Å². The lowest BCUT2D eigenvalue weighted by Crippen LogP contribution is -1.99. The van der Waals surface area contributed by atoms with Gasteiger partial charge in [0.15, 0.2) is 11.6 Å². The maximum Gasteiger partial charge on any atom is 0.221 e. The second-order valence-electron chi connectivity index (χ2n) is 3.57. The smallest absolute Gasteiger partial charge is 0.221 e. The second kappa shape index (κ2) is 4.88. The normalized spacial score (nSPS) is 10.1. The standard InChI is InChI=1S/C13H7F3N2/c14-10-3-1-2-9(12(10)15)11-8(4-6-17)5-7-18-13(11)16/h1-3,5,7H,4H2. The maximum absolute atomic E-state index is 13.7. The number of nitrogens with zero attached hydrogens (tertiary/aromatic N) is 2. The Balaban J connectivity index is 2.71.